The molecule has 2 aromatic carbocycles. The first-order valence-corrected chi connectivity index (χ1v) is 14.6. The number of hydrogen-bond acceptors (Lipinski definition) is 5. The highest BCUT2D eigenvalue weighted by Crippen LogP contribution is 2.33. The van der Waals surface area contributed by atoms with Crippen molar-refractivity contribution in [1.29, 1.82) is 0 Å². The van der Waals surface area contributed by atoms with Crippen molar-refractivity contribution in [2.45, 2.75) is 71.9 Å². The molecule has 1 unspecified atom stereocenters. The second-order valence-corrected chi connectivity index (χ2v) is 13.0. The smallest absolute Gasteiger partial charge is 0.416 e. The number of rotatable bonds is 7. The standard InChI is InChI=1S/C32H35Cl2F3N4O4/c1-19-26(28(42)39-30(2,3)4)40-41(27(19)21-11-13-22(33)14-12-21)24-15-10-20(17-23(24)34)9-8-16-44-25(32(35,36)37)18-38-29(43)45-31(5,6)7/h10-15,17,25H,16,18H2,1-7H3,(H,38,43)(H,39,42). The van der Waals surface area contributed by atoms with Gasteiger partial charge in [-0.25, -0.2) is 9.48 Å². The van der Waals surface area contributed by atoms with Gasteiger partial charge in [-0.2, -0.15) is 18.3 Å². The molecule has 0 radical (unpaired) electrons. The maximum Gasteiger partial charge on any atom is 0.416 e. The number of nitrogens with zero attached hydrogens (tertiary/aromatic N) is 2. The number of carbonyl (C=O) groups excluding carboxylic acids is 2. The zero-order valence-corrected chi connectivity index (χ0v) is 27.5. The van der Waals surface area contributed by atoms with Gasteiger partial charge in [-0.15, -0.1) is 0 Å². The second kappa shape index (κ2) is 14.1. The Labute approximate surface area is 270 Å². The largest absolute Gasteiger partial charge is 0.444 e. The van der Waals surface area contributed by atoms with E-state index >= 15 is 0 Å². The first-order valence-electron chi connectivity index (χ1n) is 13.9. The monoisotopic (exact) mass is 666 g/mol. The van der Waals surface area contributed by atoms with Crippen molar-refractivity contribution in [3.63, 3.8) is 0 Å². The highest BCUT2D eigenvalue weighted by Gasteiger charge is 2.41. The zero-order chi connectivity index (χ0) is 33.7. The van der Waals surface area contributed by atoms with E-state index < -0.39 is 42.7 Å². The van der Waals surface area contributed by atoms with Gasteiger partial charge in [0, 0.05) is 27.3 Å². The Balaban J connectivity index is 1.85. The van der Waals surface area contributed by atoms with Crippen LogP contribution < -0.4 is 10.6 Å². The molecule has 0 aliphatic carbocycles. The fourth-order valence-corrected chi connectivity index (χ4v) is 4.42. The Morgan fingerprint density at radius 3 is 2.22 bits per heavy atom. The summed E-state index contributed by atoms with van der Waals surface area (Å²) in [6.07, 6.45) is -8.02. The van der Waals surface area contributed by atoms with Gasteiger partial charge in [-0.1, -0.05) is 47.2 Å². The van der Waals surface area contributed by atoms with Crippen LogP contribution in [0.2, 0.25) is 10.0 Å². The lowest BCUT2D eigenvalue weighted by molar-refractivity contribution is -0.214. The summed E-state index contributed by atoms with van der Waals surface area (Å²) in [4.78, 5) is 24.9. The van der Waals surface area contributed by atoms with E-state index in [2.05, 4.69) is 27.6 Å². The highest BCUT2D eigenvalue weighted by atomic mass is 35.5. The molecular weight excluding hydrogens is 632 g/mol. The molecule has 0 aliphatic rings. The maximum atomic E-state index is 13.4. The number of benzene rings is 2. The quantitative estimate of drug-likeness (QED) is 0.255. The summed E-state index contributed by atoms with van der Waals surface area (Å²) in [6.45, 7) is 10.8. The van der Waals surface area contributed by atoms with Crippen LogP contribution in [0.1, 0.15) is 63.2 Å². The number of amides is 2. The number of alkyl carbamates (subject to hydrolysis) is 1. The summed E-state index contributed by atoms with van der Waals surface area (Å²) < 4.78 is 51.7. The van der Waals surface area contributed by atoms with Crippen LogP contribution >= 0.6 is 23.2 Å². The number of nitrogens with one attached hydrogen (secondary N) is 2. The number of hydrogen-bond donors (Lipinski definition) is 2. The molecule has 13 heteroatoms. The number of ether oxygens (including phenoxy) is 2. The molecule has 2 N–H and O–H groups in total. The van der Waals surface area contributed by atoms with Crippen LogP contribution in [-0.4, -0.2) is 58.4 Å². The third kappa shape index (κ3) is 10.4. The molecule has 8 nitrogen and oxygen atoms in total. The lowest BCUT2D eigenvalue weighted by Crippen LogP contribution is -2.44. The molecule has 0 saturated carbocycles. The number of halogens is 5. The SMILES string of the molecule is Cc1c(C(=O)NC(C)(C)C)nn(-c2ccc(C#CCOC(CNC(=O)OC(C)(C)C)C(F)(F)F)cc2Cl)c1-c1ccc(Cl)cc1. The van der Waals surface area contributed by atoms with E-state index in [0.717, 1.165) is 5.56 Å². The van der Waals surface area contributed by atoms with Gasteiger partial charge in [0.1, 0.15) is 12.2 Å². The third-order valence-electron chi connectivity index (χ3n) is 5.90. The van der Waals surface area contributed by atoms with Gasteiger partial charge in [0.05, 0.1) is 22.9 Å². The van der Waals surface area contributed by atoms with Gasteiger partial charge >= 0.3 is 12.3 Å². The molecule has 0 bridgehead atoms. The third-order valence-corrected chi connectivity index (χ3v) is 6.46. The normalized spacial score (nSPS) is 12.6. The Kier molecular flexibility index (Phi) is 11.2. The van der Waals surface area contributed by atoms with Crippen LogP contribution in [0.4, 0.5) is 18.0 Å². The average molecular weight is 668 g/mol. The molecule has 1 aromatic heterocycles. The van der Waals surface area contributed by atoms with Crippen molar-refractivity contribution < 1.29 is 32.2 Å². The number of alkyl halides is 3. The minimum Gasteiger partial charge on any atom is -0.444 e. The second-order valence-electron chi connectivity index (χ2n) is 12.1. The van der Waals surface area contributed by atoms with Crippen molar-refractivity contribution in [2.75, 3.05) is 13.2 Å². The van der Waals surface area contributed by atoms with E-state index in [1.807, 2.05) is 20.8 Å². The van der Waals surface area contributed by atoms with Crippen molar-refractivity contribution in [2.24, 2.45) is 0 Å². The van der Waals surface area contributed by atoms with Crippen LogP contribution in [-0.2, 0) is 9.47 Å². The van der Waals surface area contributed by atoms with Crippen LogP contribution in [0.15, 0.2) is 42.5 Å². The summed E-state index contributed by atoms with van der Waals surface area (Å²) in [5, 5.41) is 10.4. The van der Waals surface area contributed by atoms with Crippen molar-refractivity contribution >= 4 is 35.2 Å². The molecule has 0 fully saturated rings. The van der Waals surface area contributed by atoms with E-state index in [-0.39, 0.29) is 16.6 Å². The lowest BCUT2D eigenvalue weighted by Gasteiger charge is -2.23. The van der Waals surface area contributed by atoms with Gasteiger partial charge in [0.2, 0.25) is 0 Å². The van der Waals surface area contributed by atoms with E-state index in [1.165, 1.54) is 6.07 Å². The van der Waals surface area contributed by atoms with Crippen LogP contribution in [0, 0.1) is 18.8 Å². The van der Waals surface area contributed by atoms with E-state index in [4.69, 9.17) is 32.7 Å². The molecule has 242 valence electrons. The Bertz CT molecular complexity index is 1600. The van der Waals surface area contributed by atoms with Crippen LogP contribution in [0.3, 0.4) is 0 Å². The molecule has 1 atom stereocenters. The lowest BCUT2D eigenvalue weighted by atomic mass is 10.0. The summed E-state index contributed by atoms with van der Waals surface area (Å²) in [5.74, 6) is 4.92. The maximum absolute atomic E-state index is 13.4. The fourth-order valence-electron chi connectivity index (χ4n) is 4.03. The minimum absolute atomic E-state index is 0.215. The molecule has 3 aromatic rings. The van der Waals surface area contributed by atoms with Crippen LogP contribution in [0.25, 0.3) is 16.9 Å². The van der Waals surface area contributed by atoms with Crippen molar-refractivity contribution in [3.8, 4) is 28.8 Å². The fraction of sp³-hybridized carbons (Fsp3) is 0.406. The summed E-state index contributed by atoms with van der Waals surface area (Å²) in [5.41, 5.74) is 1.71. The Morgan fingerprint density at radius 1 is 1.02 bits per heavy atom. The molecule has 1 heterocycles. The number of carbonyl (C=O) groups is 2. The first kappa shape index (κ1) is 35.8. The van der Waals surface area contributed by atoms with E-state index in [0.29, 0.717) is 27.5 Å². The molecule has 3 rings (SSSR count). The van der Waals surface area contributed by atoms with Crippen molar-refractivity contribution in [1.82, 2.24) is 20.4 Å². The molecular formula is C32H35Cl2F3N4O4. The molecule has 45 heavy (non-hydrogen) atoms. The first-order chi connectivity index (χ1) is 20.7. The minimum atomic E-state index is -4.74. The Morgan fingerprint density at radius 2 is 1.67 bits per heavy atom. The van der Waals surface area contributed by atoms with Gasteiger partial charge in [0.25, 0.3) is 5.91 Å². The molecule has 0 spiro atoms. The molecule has 0 aliphatic heterocycles. The van der Waals surface area contributed by atoms with E-state index in [9.17, 15) is 22.8 Å². The van der Waals surface area contributed by atoms with Gasteiger partial charge in [-0.3, -0.25) is 4.79 Å². The predicted molar refractivity (Wildman–Crippen MR) is 168 cm³/mol. The molecule has 0 saturated heterocycles. The average Bonchev–Trinajstić information content (AvgIpc) is 3.22. The van der Waals surface area contributed by atoms with Crippen LogP contribution in [0.5, 0.6) is 0 Å². The Hall–Kier alpha value is -3.72. The topological polar surface area (TPSA) is 94.5 Å². The van der Waals surface area contributed by atoms with Gasteiger partial charge in [0.15, 0.2) is 11.8 Å². The summed E-state index contributed by atoms with van der Waals surface area (Å²) in [7, 11) is 0. The molecule has 2 amide bonds. The predicted octanol–water partition coefficient (Wildman–Crippen LogP) is 7.51. The van der Waals surface area contributed by atoms with Crippen molar-refractivity contribution in [3.05, 3.63) is 69.3 Å². The summed E-state index contributed by atoms with van der Waals surface area (Å²) in [6, 6.07) is 11.9. The van der Waals surface area contributed by atoms with E-state index in [1.54, 1.807) is 68.8 Å². The zero-order valence-electron chi connectivity index (χ0n) is 26.0. The van der Waals surface area contributed by atoms with Gasteiger partial charge in [-0.05, 0) is 78.8 Å². The number of aromatic nitrogens is 2. The summed E-state index contributed by atoms with van der Waals surface area (Å²) >= 11 is 12.8. The van der Waals surface area contributed by atoms with Gasteiger partial charge < -0.3 is 20.1 Å². The highest BCUT2D eigenvalue weighted by molar-refractivity contribution is 6.32.